The second-order valence-electron chi connectivity index (χ2n) is 8.29. The lowest BCUT2D eigenvalue weighted by atomic mass is 9.58. The van der Waals surface area contributed by atoms with Crippen molar-refractivity contribution in [1.29, 1.82) is 0 Å². The highest BCUT2D eigenvalue weighted by Gasteiger charge is 2.44. The summed E-state index contributed by atoms with van der Waals surface area (Å²) < 4.78 is 0. The minimum absolute atomic E-state index is 0.285. The van der Waals surface area contributed by atoms with Crippen LogP contribution in [0, 0.1) is 5.92 Å². The summed E-state index contributed by atoms with van der Waals surface area (Å²) in [6.07, 6.45) is 4.21. The maximum atomic E-state index is 6.27. The molecule has 4 rings (SSSR count). The highest BCUT2D eigenvalue weighted by molar-refractivity contribution is 5.57. The second kappa shape index (κ2) is 7.80. The lowest BCUT2D eigenvalue weighted by Gasteiger charge is -2.45. The van der Waals surface area contributed by atoms with Crippen molar-refractivity contribution < 1.29 is 0 Å². The number of benzene rings is 3. The normalized spacial score (nSPS) is 19.8. The van der Waals surface area contributed by atoms with Crippen molar-refractivity contribution in [2.75, 3.05) is 17.2 Å². The summed E-state index contributed by atoms with van der Waals surface area (Å²) in [6, 6.07) is 25.2. The second-order valence-corrected chi connectivity index (χ2v) is 8.29. The van der Waals surface area contributed by atoms with Crippen LogP contribution in [0.4, 0.5) is 17.1 Å². The van der Waals surface area contributed by atoms with Gasteiger partial charge in [-0.3, -0.25) is 0 Å². The summed E-state index contributed by atoms with van der Waals surface area (Å²) in [6.45, 7) is 0. The number of anilines is 3. The summed E-state index contributed by atoms with van der Waals surface area (Å²) in [5.41, 5.74) is 30.1. The van der Waals surface area contributed by atoms with E-state index in [1.807, 2.05) is 36.4 Å². The number of nitrogens with two attached hydrogens (primary N) is 4. The zero-order valence-electron chi connectivity index (χ0n) is 16.7. The number of rotatable bonds is 4. The molecule has 3 aromatic carbocycles. The Kier molecular flexibility index (Phi) is 5.20. The molecule has 0 saturated heterocycles. The molecule has 1 fully saturated rings. The van der Waals surface area contributed by atoms with Gasteiger partial charge in [-0.15, -0.1) is 0 Å². The van der Waals surface area contributed by atoms with Crippen molar-refractivity contribution in [3.63, 3.8) is 0 Å². The largest absolute Gasteiger partial charge is 0.399 e. The highest BCUT2D eigenvalue weighted by atomic mass is 14.6. The van der Waals surface area contributed by atoms with E-state index in [0.717, 1.165) is 42.7 Å². The topological polar surface area (TPSA) is 104 Å². The standard InChI is InChI=1S/C25H30N4/c26-21-9-1-17(2-10-21)25(18-3-11-22(27)12-4-18,19-5-13-23(28)14-6-19)20-7-15-24(29)16-8-20/h1-6,9-14,20,24H,7-8,15-16,26-29H2. The Bertz CT molecular complexity index is 827. The zero-order chi connectivity index (χ0) is 20.4. The van der Waals surface area contributed by atoms with Crippen LogP contribution < -0.4 is 22.9 Å². The Labute approximate surface area is 172 Å². The molecule has 1 aliphatic rings. The van der Waals surface area contributed by atoms with Gasteiger partial charge in [-0.25, -0.2) is 0 Å². The molecule has 0 radical (unpaired) electrons. The zero-order valence-corrected chi connectivity index (χ0v) is 16.7. The van der Waals surface area contributed by atoms with Crippen molar-refractivity contribution in [3.05, 3.63) is 89.5 Å². The van der Waals surface area contributed by atoms with E-state index in [2.05, 4.69) is 36.4 Å². The summed E-state index contributed by atoms with van der Waals surface area (Å²) in [4.78, 5) is 0. The van der Waals surface area contributed by atoms with Crippen LogP contribution in [-0.4, -0.2) is 6.04 Å². The minimum Gasteiger partial charge on any atom is -0.399 e. The average Bonchev–Trinajstić information content (AvgIpc) is 2.73. The molecule has 0 heterocycles. The third-order valence-electron chi connectivity index (χ3n) is 6.48. The van der Waals surface area contributed by atoms with Crippen LogP contribution in [-0.2, 0) is 5.41 Å². The summed E-state index contributed by atoms with van der Waals surface area (Å²) in [5.74, 6) is 0.415. The van der Waals surface area contributed by atoms with E-state index in [9.17, 15) is 0 Å². The molecule has 0 aliphatic heterocycles. The Balaban J connectivity index is 1.99. The Morgan fingerprint density at radius 2 is 0.828 bits per heavy atom. The Morgan fingerprint density at radius 1 is 0.517 bits per heavy atom. The molecule has 4 heteroatoms. The van der Waals surface area contributed by atoms with Gasteiger partial charge in [-0.05, 0) is 84.7 Å². The summed E-state index contributed by atoms with van der Waals surface area (Å²) in [5, 5.41) is 0. The van der Waals surface area contributed by atoms with Crippen LogP contribution in [0.15, 0.2) is 72.8 Å². The van der Waals surface area contributed by atoms with E-state index in [0.29, 0.717) is 5.92 Å². The maximum absolute atomic E-state index is 6.27. The molecular weight excluding hydrogens is 356 g/mol. The lowest BCUT2D eigenvalue weighted by Crippen LogP contribution is -2.42. The number of hydrogen-bond acceptors (Lipinski definition) is 4. The van der Waals surface area contributed by atoms with E-state index < -0.39 is 0 Å². The fourth-order valence-electron chi connectivity index (χ4n) is 5.00. The fraction of sp³-hybridized carbons (Fsp3) is 0.280. The smallest absolute Gasteiger partial charge is 0.0479 e. The van der Waals surface area contributed by atoms with Gasteiger partial charge in [0.05, 0.1) is 0 Å². The predicted molar refractivity (Wildman–Crippen MR) is 122 cm³/mol. The van der Waals surface area contributed by atoms with Crippen LogP contribution in [0.1, 0.15) is 42.4 Å². The van der Waals surface area contributed by atoms with Gasteiger partial charge in [0, 0.05) is 28.5 Å². The van der Waals surface area contributed by atoms with Gasteiger partial charge in [0.25, 0.3) is 0 Å². The first-order valence-corrected chi connectivity index (χ1v) is 10.3. The van der Waals surface area contributed by atoms with Crippen LogP contribution in [0.3, 0.4) is 0 Å². The third-order valence-corrected chi connectivity index (χ3v) is 6.48. The van der Waals surface area contributed by atoms with E-state index in [1.165, 1.54) is 16.7 Å². The van der Waals surface area contributed by atoms with Gasteiger partial charge in [-0.2, -0.15) is 0 Å². The van der Waals surface area contributed by atoms with E-state index >= 15 is 0 Å². The van der Waals surface area contributed by atoms with Gasteiger partial charge in [0.2, 0.25) is 0 Å². The minimum atomic E-state index is -0.310. The SMILES string of the molecule is Nc1ccc(C(c2ccc(N)cc2)(c2ccc(N)cc2)C2CCC(N)CC2)cc1. The fourth-order valence-corrected chi connectivity index (χ4v) is 5.00. The van der Waals surface area contributed by atoms with Crippen LogP contribution in [0.2, 0.25) is 0 Å². The number of nitrogen functional groups attached to an aromatic ring is 3. The predicted octanol–water partition coefficient (Wildman–Crippen LogP) is 4.29. The van der Waals surface area contributed by atoms with Gasteiger partial charge in [0.1, 0.15) is 0 Å². The third kappa shape index (κ3) is 3.56. The molecule has 150 valence electrons. The Morgan fingerprint density at radius 3 is 1.14 bits per heavy atom. The monoisotopic (exact) mass is 386 g/mol. The molecule has 4 nitrogen and oxygen atoms in total. The molecule has 0 unspecified atom stereocenters. The van der Waals surface area contributed by atoms with Gasteiger partial charge in [-0.1, -0.05) is 36.4 Å². The highest BCUT2D eigenvalue weighted by Crippen LogP contribution is 2.50. The van der Waals surface area contributed by atoms with E-state index in [-0.39, 0.29) is 11.5 Å². The van der Waals surface area contributed by atoms with Crippen LogP contribution >= 0.6 is 0 Å². The van der Waals surface area contributed by atoms with E-state index in [1.54, 1.807) is 0 Å². The maximum Gasteiger partial charge on any atom is 0.0479 e. The van der Waals surface area contributed by atoms with Gasteiger partial charge in [0.15, 0.2) is 0 Å². The first-order valence-electron chi connectivity index (χ1n) is 10.3. The van der Waals surface area contributed by atoms with Crippen LogP contribution in [0.25, 0.3) is 0 Å². The van der Waals surface area contributed by atoms with Crippen LogP contribution in [0.5, 0.6) is 0 Å². The molecule has 1 saturated carbocycles. The molecule has 0 atom stereocenters. The molecule has 0 spiro atoms. The average molecular weight is 387 g/mol. The molecular formula is C25H30N4. The number of hydrogen-bond donors (Lipinski definition) is 4. The molecule has 29 heavy (non-hydrogen) atoms. The molecule has 1 aliphatic carbocycles. The first kappa shape index (κ1) is 19.3. The van der Waals surface area contributed by atoms with Crippen molar-refractivity contribution in [2.45, 2.75) is 37.1 Å². The summed E-state index contributed by atoms with van der Waals surface area (Å²) in [7, 11) is 0. The van der Waals surface area contributed by atoms with Crippen molar-refractivity contribution >= 4 is 17.1 Å². The van der Waals surface area contributed by atoms with Gasteiger partial charge >= 0.3 is 0 Å². The van der Waals surface area contributed by atoms with Gasteiger partial charge < -0.3 is 22.9 Å². The lowest BCUT2D eigenvalue weighted by molar-refractivity contribution is 0.252. The molecule has 8 N–H and O–H groups in total. The van der Waals surface area contributed by atoms with E-state index in [4.69, 9.17) is 22.9 Å². The van der Waals surface area contributed by atoms with Crippen molar-refractivity contribution in [2.24, 2.45) is 11.7 Å². The van der Waals surface area contributed by atoms with Crippen molar-refractivity contribution in [3.8, 4) is 0 Å². The first-order chi connectivity index (χ1) is 14.0. The summed E-state index contributed by atoms with van der Waals surface area (Å²) >= 11 is 0. The molecule has 0 bridgehead atoms. The molecule has 0 aromatic heterocycles. The quantitative estimate of drug-likeness (QED) is 0.397. The Hall–Kier alpha value is -2.98. The molecule has 0 amide bonds. The van der Waals surface area contributed by atoms with Crippen molar-refractivity contribution in [1.82, 2.24) is 0 Å². The molecule has 3 aromatic rings.